The van der Waals surface area contributed by atoms with Gasteiger partial charge in [0, 0.05) is 23.4 Å². The number of rotatable bonds is 6. The standard InChI is InChI=1S/C27H34N4/c1-9-10-15-28-21(5)25-20(4)26-29-24(17-19(3)31(26)30-25)18(2)16-22-11-13-23(14-12-22)27(6,7)8/h9-15,17-18,29H,3,5,16H2,1-2,4,6-8H3/b10-9-,28-15-. The van der Waals surface area contributed by atoms with E-state index in [1.165, 1.54) is 11.1 Å². The predicted octanol–water partition coefficient (Wildman–Crippen LogP) is 6.77. The number of allylic oxidation sites excluding steroid dienone is 5. The first-order chi connectivity index (χ1) is 14.6. The molecule has 0 amide bonds. The minimum absolute atomic E-state index is 0.170. The number of fused-ring (bicyclic) bond motifs is 1. The summed E-state index contributed by atoms with van der Waals surface area (Å²) in [5, 5.41) is 8.28. The highest BCUT2D eigenvalue weighted by atomic mass is 15.4. The Labute approximate surface area is 186 Å². The normalized spacial score (nSPS) is 15.2. The van der Waals surface area contributed by atoms with Crippen LogP contribution in [0, 0.1) is 12.8 Å². The summed E-state index contributed by atoms with van der Waals surface area (Å²) >= 11 is 0. The van der Waals surface area contributed by atoms with Crippen LogP contribution in [0.3, 0.4) is 0 Å². The molecule has 1 N–H and O–H groups in total. The van der Waals surface area contributed by atoms with Gasteiger partial charge in [-0.2, -0.15) is 5.10 Å². The van der Waals surface area contributed by atoms with Crippen molar-refractivity contribution < 1.29 is 0 Å². The fraction of sp³-hybridized carbons (Fsp3) is 0.333. The van der Waals surface area contributed by atoms with Crippen LogP contribution < -0.4 is 5.32 Å². The Morgan fingerprint density at radius 3 is 2.55 bits per heavy atom. The SMILES string of the molecule is C=C(/N=C\C=C/C)c1nn2c(c1C)NC(C(C)Cc1ccc(C(C)(C)C)cc1)=CC2=C. The zero-order chi connectivity index (χ0) is 22.8. The lowest BCUT2D eigenvalue weighted by atomic mass is 9.86. The van der Waals surface area contributed by atoms with Crippen molar-refractivity contribution in [1.29, 1.82) is 0 Å². The third kappa shape index (κ3) is 4.96. The van der Waals surface area contributed by atoms with Gasteiger partial charge in [0.25, 0.3) is 0 Å². The second-order valence-corrected chi connectivity index (χ2v) is 9.25. The van der Waals surface area contributed by atoms with Gasteiger partial charge < -0.3 is 5.32 Å². The summed E-state index contributed by atoms with van der Waals surface area (Å²) in [6, 6.07) is 8.98. The molecule has 3 rings (SSSR count). The molecule has 1 atom stereocenters. The second kappa shape index (κ2) is 8.93. The number of benzene rings is 1. The Morgan fingerprint density at radius 1 is 1.26 bits per heavy atom. The van der Waals surface area contributed by atoms with Crippen molar-refractivity contribution in [2.24, 2.45) is 10.9 Å². The molecule has 0 fully saturated rings. The van der Waals surface area contributed by atoms with Crippen molar-refractivity contribution in [3.63, 3.8) is 0 Å². The molecule has 1 aromatic carbocycles. The highest BCUT2D eigenvalue weighted by Gasteiger charge is 2.24. The molecule has 31 heavy (non-hydrogen) atoms. The van der Waals surface area contributed by atoms with Crippen LogP contribution in [0.2, 0.25) is 0 Å². The van der Waals surface area contributed by atoms with Gasteiger partial charge in [-0.05, 0) is 49.0 Å². The number of nitrogens with one attached hydrogen (secondary N) is 1. The van der Waals surface area contributed by atoms with Crippen molar-refractivity contribution in [1.82, 2.24) is 9.78 Å². The molecule has 0 bridgehead atoms. The maximum Gasteiger partial charge on any atom is 0.137 e. The first-order valence-electron chi connectivity index (χ1n) is 10.8. The van der Waals surface area contributed by atoms with Crippen molar-refractivity contribution >= 4 is 23.4 Å². The highest BCUT2D eigenvalue weighted by Crippen LogP contribution is 2.34. The molecule has 0 saturated carbocycles. The molecule has 2 aromatic rings. The number of nitrogens with zero attached hydrogens (tertiary/aromatic N) is 3. The average Bonchev–Trinajstić information content (AvgIpc) is 3.05. The van der Waals surface area contributed by atoms with Crippen LogP contribution >= 0.6 is 0 Å². The fourth-order valence-corrected chi connectivity index (χ4v) is 3.69. The third-order valence-electron chi connectivity index (χ3n) is 5.65. The largest absolute Gasteiger partial charge is 0.343 e. The van der Waals surface area contributed by atoms with E-state index < -0.39 is 0 Å². The molecule has 2 heterocycles. The lowest BCUT2D eigenvalue weighted by molar-refractivity contribution is 0.589. The summed E-state index contributed by atoms with van der Waals surface area (Å²) in [6.07, 6.45) is 8.59. The first kappa shape index (κ1) is 22.5. The van der Waals surface area contributed by atoms with E-state index in [1.807, 2.05) is 30.7 Å². The maximum absolute atomic E-state index is 4.69. The number of anilines is 1. The van der Waals surface area contributed by atoms with Crippen LogP contribution in [0.5, 0.6) is 0 Å². The zero-order valence-corrected chi connectivity index (χ0v) is 19.7. The van der Waals surface area contributed by atoms with Crippen LogP contribution in [0.4, 0.5) is 5.82 Å². The zero-order valence-electron chi connectivity index (χ0n) is 19.7. The summed E-state index contributed by atoms with van der Waals surface area (Å²) in [5.74, 6) is 1.26. The van der Waals surface area contributed by atoms with Gasteiger partial charge in [0.05, 0.1) is 11.4 Å². The molecule has 1 aromatic heterocycles. The third-order valence-corrected chi connectivity index (χ3v) is 5.65. The van der Waals surface area contributed by atoms with E-state index in [4.69, 9.17) is 5.10 Å². The van der Waals surface area contributed by atoms with Crippen LogP contribution in [-0.2, 0) is 11.8 Å². The van der Waals surface area contributed by atoms with Gasteiger partial charge in [0.2, 0.25) is 0 Å². The Kier molecular flexibility index (Phi) is 6.49. The van der Waals surface area contributed by atoms with E-state index in [9.17, 15) is 0 Å². The van der Waals surface area contributed by atoms with Gasteiger partial charge in [0.1, 0.15) is 11.5 Å². The Hall–Kier alpha value is -3.14. The van der Waals surface area contributed by atoms with Gasteiger partial charge in [-0.3, -0.25) is 4.99 Å². The van der Waals surface area contributed by atoms with Crippen LogP contribution in [0.1, 0.15) is 57.0 Å². The highest BCUT2D eigenvalue weighted by molar-refractivity contribution is 5.81. The molecular formula is C27H34N4. The topological polar surface area (TPSA) is 42.2 Å². The van der Waals surface area contributed by atoms with Crippen LogP contribution in [0.25, 0.3) is 11.4 Å². The summed E-state index contributed by atoms with van der Waals surface area (Å²) in [4.78, 5) is 4.39. The molecular weight excluding hydrogens is 380 g/mol. The van der Waals surface area contributed by atoms with Crippen LogP contribution in [-0.4, -0.2) is 16.0 Å². The lowest BCUT2D eigenvalue weighted by Gasteiger charge is -2.24. The van der Waals surface area contributed by atoms with Gasteiger partial charge in [-0.1, -0.05) is 71.2 Å². The molecule has 0 radical (unpaired) electrons. The minimum atomic E-state index is 0.170. The number of hydrogen-bond donors (Lipinski definition) is 1. The van der Waals surface area contributed by atoms with Crippen molar-refractivity contribution in [2.75, 3.05) is 5.32 Å². The van der Waals surface area contributed by atoms with Gasteiger partial charge in [0.15, 0.2) is 0 Å². The quantitative estimate of drug-likeness (QED) is 0.530. The van der Waals surface area contributed by atoms with E-state index in [1.54, 1.807) is 6.21 Å². The lowest BCUT2D eigenvalue weighted by Crippen LogP contribution is -2.19. The molecule has 1 aliphatic heterocycles. The number of aliphatic imine (C=N–C) groups is 1. The van der Waals surface area contributed by atoms with Crippen molar-refractivity contribution in [3.8, 4) is 0 Å². The summed E-state index contributed by atoms with van der Waals surface area (Å²) in [7, 11) is 0. The summed E-state index contributed by atoms with van der Waals surface area (Å²) in [6.45, 7) is 21.3. The van der Waals surface area contributed by atoms with E-state index in [2.05, 4.69) is 81.5 Å². The molecule has 4 heteroatoms. The number of aromatic nitrogens is 2. The van der Waals surface area contributed by atoms with Gasteiger partial charge >= 0.3 is 0 Å². The van der Waals surface area contributed by atoms with Crippen molar-refractivity contribution in [3.05, 3.63) is 83.7 Å². The average molecular weight is 415 g/mol. The monoisotopic (exact) mass is 414 g/mol. The summed E-state index contributed by atoms with van der Waals surface area (Å²) in [5.41, 5.74) is 7.30. The predicted molar refractivity (Wildman–Crippen MR) is 134 cm³/mol. The Morgan fingerprint density at radius 2 is 1.94 bits per heavy atom. The molecule has 1 aliphatic rings. The van der Waals surface area contributed by atoms with E-state index in [-0.39, 0.29) is 5.41 Å². The van der Waals surface area contributed by atoms with Crippen LogP contribution in [0.15, 0.2) is 66.3 Å². The van der Waals surface area contributed by atoms with E-state index in [0.717, 1.165) is 34.9 Å². The fourth-order valence-electron chi connectivity index (χ4n) is 3.69. The molecule has 0 aliphatic carbocycles. The minimum Gasteiger partial charge on any atom is -0.343 e. The van der Waals surface area contributed by atoms with E-state index in [0.29, 0.717) is 11.6 Å². The van der Waals surface area contributed by atoms with E-state index >= 15 is 0 Å². The van der Waals surface area contributed by atoms with Gasteiger partial charge in [-0.25, -0.2) is 4.68 Å². The Balaban J connectivity index is 1.78. The smallest absolute Gasteiger partial charge is 0.137 e. The maximum atomic E-state index is 4.69. The number of hydrogen-bond acceptors (Lipinski definition) is 3. The second-order valence-electron chi connectivity index (χ2n) is 9.25. The molecule has 0 saturated heterocycles. The van der Waals surface area contributed by atoms with Crippen molar-refractivity contribution in [2.45, 2.75) is 53.4 Å². The Bertz CT molecular complexity index is 1070. The molecule has 4 nitrogen and oxygen atoms in total. The molecule has 1 unspecified atom stereocenters. The first-order valence-corrected chi connectivity index (χ1v) is 10.8. The summed E-state index contributed by atoms with van der Waals surface area (Å²) < 4.78 is 1.84. The molecule has 162 valence electrons. The van der Waals surface area contributed by atoms with Gasteiger partial charge in [-0.15, -0.1) is 0 Å². The molecule has 0 spiro atoms.